The number of amides is 4. The van der Waals surface area contributed by atoms with Crippen LogP contribution in [0.1, 0.15) is 40.2 Å². The van der Waals surface area contributed by atoms with Crippen LogP contribution in [-0.2, 0) is 16.0 Å². The number of hydrogen-bond donors (Lipinski definition) is 2. The third-order valence-corrected chi connectivity index (χ3v) is 7.36. The topological polar surface area (TPSA) is 94.7 Å². The van der Waals surface area contributed by atoms with Gasteiger partial charge in [0, 0.05) is 37.3 Å². The number of carbonyl (C=O) groups excluding carboxylic acids is 3. The molecule has 4 rings (SSSR count). The number of nitrogens with zero attached hydrogens (tertiary/aromatic N) is 2. The lowest BCUT2D eigenvalue weighted by atomic mass is 9.73. The zero-order valence-electron chi connectivity index (χ0n) is 19.8. The van der Waals surface area contributed by atoms with Crippen molar-refractivity contribution in [2.24, 2.45) is 5.92 Å². The molecule has 0 bridgehead atoms. The van der Waals surface area contributed by atoms with Crippen molar-refractivity contribution >= 4 is 29.4 Å². The fourth-order valence-corrected chi connectivity index (χ4v) is 5.40. The van der Waals surface area contributed by atoms with Gasteiger partial charge in [-0.1, -0.05) is 29.8 Å². The van der Waals surface area contributed by atoms with Crippen molar-refractivity contribution in [3.05, 3.63) is 57.9 Å². The molecule has 1 atom stereocenters. The minimum atomic E-state index is -1.11. The first-order valence-electron chi connectivity index (χ1n) is 11.6. The van der Waals surface area contributed by atoms with Crippen LogP contribution < -0.4 is 5.32 Å². The molecule has 0 radical (unpaired) electrons. The molecule has 1 unspecified atom stereocenters. The van der Waals surface area contributed by atoms with Crippen LogP contribution in [0.15, 0.2) is 30.3 Å². The van der Waals surface area contributed by atoms with Gasteiger partial charge in [-0.05, 0) is 55.9 Å². The van der Waals surface area contributed by atoms with Crippen LogP contribution in [0.4, 0.5) is 4.79 Å². The van der Waals surface area contributed by atoms with Crippen LogP contribution in [0.25, 0.3) is 0 Å². The molecule has 2 fully saturated rings. The van der Waals surface area contributed by atoms with E-state index in [0.717, 1.165) is 16.8 Å². The molecular formula is C25H31ClN4O4. The Morgan fingerprint density at radius 1 is 1.21 bits per heavy atom. The second-order valence-electron chi connectivity index (χ2n) is 9.20. The minimum absolute atomic E-state index is 0.0345. The van der Waals surface area contributed by atoms with Gasteiger partial charge in [-0.15, -0.1) is 0 Å². The molecule has 182 valence electrons. The monoisotopic (exact) mass is 486 g/mol. The Labute approximate surface area is 204 Å². The summed E-state index contributed by atoms with van der Waals surface area (Å²) in [5.74, 6) is -0.425. The molecule has 9 heteroatoms. The largest absolute Gasteiger partial charge is 0.383 e. The number of urea groups is 1. The Morgan fingerprint density at radius 2 is 1.91 bits per heavy atom. The Kier molecular flexibility index (Phi) is 7.00. The van der Waals surface area contributed by atoms with Crippen LogP contribution in [-0.4, -0.2) is 71.5 Å². The molecule has 2 saturated heterocycles. The summed E-state index contributed by atoms with van der Waals surface area (Å²) in [4.78, 5) is 45.9. The summed E-state index contributed by atoms with van der Waals surface area (Å²) in [5, 5.41) is 3.58. The number of hydrogen-bond acceptors (Lipinski definition) is 4. The molecule has 1 aromatic heterocycles. The summed E-state index contributed by atoms with van der Waals surface area (Å²) in [6.07, 6.45) is 1.49. The van der Waals surface area contributed by atoms with Gasteiger partial charge in [0.15, 0.2) is 0 Å². The number of aromatic amines is 1. The summed E-state index contributed by atoms with van der Waals surface area (Å²) >= 11 is 6.44. The van der Waals surface area contributed by atoms with Gasteiger partial charge in [0.25, 0.3) is 11.8 Å². The average Bonchev–Trinajstić information content (AvgIpc) is 3.28. The van der Waals surface area contributed by atoms with Crippen molar-refractivity contribution in [2.45, 2.75) is 38.6 Å². The Hall–Kier alpha value is -2.84. The lowest BCUT2D eigenvalue weighted by Gasteiger charge is -2.41. The van der Waals surface area contributed by atoms with Crippen molar-refractivity contribution in [1.82, 2.24) is 20.1 Å². The molecule has 4 amide bonds. The minimum Gasteiger partial charge on any atom is -0.383 e. The lowest BCUT2D eigenvalue weighted by Crippen LogP contribution is -2.58. The number of ether oxygens (including phenoxy) is 1. The van der Waals surface area contributed by atoms with E-state index in [1.807, 2.05) is 43.0 Å². The predicted octanol–water partition coefficient (Wildman–Crippen LogP) is 3.32. The summed E-state index contributed by atoms with van der Waals surface area (Å²) in [5.41, 5.74) is 2.18. The number of imide groups is 1. The van der Waals surface area contributed by atoms with Crippen LogP contribution in [0.3, 0.4) is 0 Å². The molecule has 3 heterocycles. The van der Waals surface area contributed by atoms with E-state index >= 15 is 0 Å². The van der Waals surface area contributed by atoms with Crippen molar-refractivity contribution in [3.63, 3.8) is 0 Å². The van der Waals surface area contributed by atoms with Gasteiger partial charge in [-0.2, -0.15) is 0 Å². The number of benzene rings is 1. The van der Waals surface area contributed by atoms with E-state index in [9.17, 15) is 14.4 Å². The molecule has 0 aliphatic carbocycles. The van der Waals surface area contributed by atoms with E-state index in [-0.39, 0.29) is 30.9 Å². The van der Waals surface area contributed by atoms with E-state index in [0.29, 0.717) is 43.1 Å². The maximum absolute atomic E-state index is 13.7. The molecule has 2 N–H and O–H groups in total. The second kappa shape index (κ2) is 9.80. The highest BCUT2D eigenvalue weighted by Gasteiger charge is 2.56. The number of halogens is 1. The van der Waals surface area contributed by atoms with Crippen molar-refractivity contribution in [2.75, 3.05) is 33.4 Å². The summed E-state index contributed by atoms with van der Waals surface area (Å²) in [6.45, 7) is 5.32. The molecule has 0 spiro atoms. The van der Waals surface area contributed by atoms with Crippen molar-refractivity contribution in [3.8, 4) is 0 Å². The fraction of sp³-hybridized carbons (Fsp3) is 0.480. The Bertz CT molecular complexity index is 1090. The number of aromatic nitrogens is 1. The Balaban J connectivity index is 1.57. The number of likely N-dealkylation sites (tertiary alicyclic amines) is 1. The molecule has 34 heavy (non-hydrogen) atoms. The first-order chi connectivity index (χ1) is 16.3. The molecular weight excluding hydrogens is 456 g/mol. The predicted molar refractivity (Wildman–Crippen MR) is 129 cm³/mol. The zero-order valence-corrected chi connectivity index (χ0v) is 20.6. The summed E-state index contributed by atoms with van der Waals surface area (Å²) in [6, 6.07) is 8.94. The van der Waals surface area contributed by atoms with Gasteiger partial charge in [-0.3, -0.25) is 14.5 Å². The number of methoxy groups -OCH3 is 1. The first-order valence-corrected chi connectivity index (χ1v) is 12.0. The highest BCUT2D eigenvalue weighted by atomic mass is 35.5. The van der Waals surface area contributed by atoms with Gasteiger partial charge in [0.2, 0.25) is 0 Å². The van der Waals surface area contributed by atoms with Crippen LogP contribution >= 0.6 is 11.6 Å². The van der Waals surface area contributed by atoms with Gasteiger partial charge in [0.1, 0.15) is 11.2 Å². The third kappa shape index (κ3) is 4.44. The molecule has 2 aromatic rings. The third-order valence-electron chi connectivity index (χ3n) is 6.99. The van der Waals surface area contributed by atoms with E-state index in [4.69, 9.17) is 16.3 Å². The van der Waals surface area contributed by atoms with Gasteiger partial charge in [-0.25, -0.2) is 4.79 Å². The van der Waals surface area contributed by atoms with Crippen molar-refractivity contribution < 1.29 is 19.1 Å². The quantitative estimate of drug-likeness (QED) is 0.587. The number of piperidine rings is 1. The van der Waals surface area contributed by atoms with Crippen LogP contribution in [0, 0.1) is 19.8 Å². The number of aryl methyl sites for hydroxylation is 2. The molecule has 2 aliphatic rings. The van der Waals surface area contributed by atoms with E-state index < -0.39 is 11.6 Å². The summed E-state index contributed by atoms with van der Waals surface area (Å²) < 4.78 is 5.10. The molecule has 1 aromatic carbocycles. The van der Waals surface area contributed by atoms with Crippen molar-refractivity contribution in [1.29, 1.82) is 0 Å². The first kappa shape index (κ1) is 24.3. The van der Waals surface area contributed by atoms with Gasteiger partial charge < -0.3 is 19.9 Å². The SMILES string of the molecule is COCCN1C(=O)NC(Cc2ccccc2Cl)(C2CCN(C(=O)c3[nH]c(C)cc3C)CC2)C1=O. The van der Waals surface area contributed by atoms with E-state index in [2.05, 4.69) is 10.3 Å². The maximum atomic E-state index is 13.7. The smallest absolute Gasteiger partial charge is 0.325 e. The standard InChI is InChI=1S/C25H31ClN4O4/c1-16-14-17(2)27-21(16)22(31)29-10-8-19(9-11-29)25(15-18-6-4-5-7-20(18)26)23(32)30(12-13-34-3)24(33)28-25/h4-7,14,19,27H,8-13,15H2,1-3H3,(H,28,33). The number of rotatable bonds is 7. The highest BCUT2D eigenvalue weighted by molar-refractivity contribution is 6.31. The van der Waals surface area contributed by atoms with Crippen LogP contribution in [0.5, 0.6) is 0 Å². The maximum Gasteiger partial charge on any atom is 0.325 e. The lowest BCUT2D eigenvalue weighted by molar-refractivity contribution is -0.134. The zero-order chi connectivity index (χ0) is 24.5. The number of nitrogens with one attached hydrogen (secondary N) is 2. The van der Waals surface area contributed by atoms with E-state index in [1.165, 1.54) is 12.0 Å². The molecule has 8 nitrogen and oxygen atoms in total. The Morgan fingerprint density at radius 3 is 2.53 bits per heavy atom. The normalized spacial score (nSPS) is 21.3. The van der Waals surface area contributed by atoms with Crippen LogP contribution in [0.2, 0.25) is 5.02 Å². The number of carbonyl (C=O) groups is 3. The highest BCUT2D eigenvalue weighted by Crippen LogP contribution is 2.38. The number of H-pyrrole nitrogens is 1. The second-order valence-corrected chi connectivity index (χ2v) is 9.60. The summed E-state index contributed by atoms with van der Waals surface area (Å²) in [7, 11) is 1.54. The fourth-order valence-electron chi connectivity index (χ4n) is 5.20. The molecule has 2 aliphatic heterocycles. The van der Waals surface area contributed by atoms with E-state index in [1.54, 1.807) is 6.07 Å². The molecule has 0 saturated carbocycles. The van der Waals surface area contributed by atoms with Gasteiger partial charge in [0.05, 0.1) is 13.2 Å². The van der Waals surface area contributed by atoms with Gasteiger partial charge >= 0.3 is 6.03 Å². The average molecular weight is 487 g/mol.